The zero-order valence-corrected chi connectivity index (χ0v) is 18.3. The number of carbonyl (C=O) groups excluding carboxylic acids is 1. The second-order valence-corrected chi connectivity index (χ2v) is 8.09. The summed E-state index contributed by atoms with van der Waals surface area (Å²) >= 11 is 0. The Balaban J connectivity index is 1.57. The molecule has 7 nitrogen and oxygen atoms in total. The third kappa shape index (κ3) is 4.97. The molecule has 2 unspecified atom stereocenters. The summed E-state index contributed by atoms with van der Waals surface area (Å²) in [5, 5.41) is 2.94. The molecule has 2 aromatic heterocycles. The molecule has 3 aromatic rings. The first-order chi connectivity index (χ1) is 16.3. The third-order valence-electron chi connectivity index (χ3n) is 5.86. The molecule has 0 radical (unpaired) electrons. The molecular formula is C23H22F4N6O. The molecule has 34 heavy (non-hydrogen) atoms. The second-order valence-electron chi connectivity index (χ2n) is 8.09. The molecule has 1 saturated heterocycles. The van der Waals surface area contributed by atoms with Gasteiger partial charge in [0, 0.05) is 37.9 Å². The van der Waals surface area contributed by atoms with Gasteiger partial charge in [0.2, 0.25) is 5.95 Å². The standard InChI is InChI=1S/C23H22F4N6O/c1-14-5-3-10-33(18(14)13-32-22-30-11-15(12-31-22)23(25,26)27)21(34)16-6-2-7-17(24)19(16)20-28-8-4-9-29-20/h2,4,6-9,11-12,14,18H,3,5,10,13H2,1H3,(H,30,31,32). The Morgan fingerprint density at radius 3 is 2.50 bits per heavy atom. The van der Waals surface area contributed by atoms with E-state index in [9.17, 15) is 22.4 Å². The Bertz CT molecular complexity index is 1140. The molecule has 0 spiro atoms. The Morgan fingerprint density at radius 1 is 1.12 bits per heavy atom. The number of amides is 1. The van der Waals surface area contributed by atoms with E-state index in [2.05, 4.69) is 25.3 Å². The number of benzene rings is 1. The van der Waals surface area contributed by atoms with E-state index >= 15 is 0 Å². The number of nitrogens with one attached hydrogen (secondary N) is 1. The summed E-state index contributed by atoms with van der Waals surface area (Å²) in [6.45, 7) is 2.67. The highest BCUT2D eigenvalue weighted by Gasteiger charge is 2.34. The second kappa shape index (κ2) is 9.70. The maximum absolute atomic E-state index is 14.8. The SMILES string of the molecule is CC1CCCN(C(=O)c2cccc(F)c2-c2ncccn2)C1CNc1ncc(C(F)(F)F)cn1. The van der Waals surface area contributed by atoms with Crippen LogP contribution >= 0.6 is 0 Å². The van der Waals surface area contributed by atoms with Crippen LogP contribution in [0.25, 0.3) is 11.4 Å². The first kappa shape index (κ1) is 23.5. The van der Waals surface area contributed by atoms with Gasteiger partial charge >= 0.3 is 6.18 Å². The Kier molecular flexibility index (Phi) is 6.71. The first-order valence-electron chi connectivity index (χ1n) is 10.8. The van der Waals surface area contributed by atoms with Crippen molar-refractivity contribution in [2.45, 2.75) is 32.0 Å². The minimum absolute atomic E-state index is 0.0299. The molecule has 0 saturated carbocycles. The highest BCUT2D eigenvalue weighted by molar-refractivity contribution is 6.00. The van der Waals surface area contributed by atoms with E-state index in [0.29, 0.717) is 18.9 Å². The summed E-state index contributed by atoms with van der Waals surface area (Å²) in [6, 6.07) is 5.55. The Morgan fingerprint density at radius 2 is 1.82 bits per heavy atom. The summed E-state index contributed by atoms with van der Waals surface area (Å²) in [7, 11) is 0. The van der Waals surface area contributed by atoms with Crippen LogP contribution in [0, 0.1) is 11.7 Å². The van der Waals surface area contributed by atoms with Crippen LogP contribution in [0.1, 0.15) is 35.7 Å². The number of piperidine rings is 1. The van der Waals surface area contributed by atoms with Gasteiger partial charge < -0.3 is 10.2 Å². The number of aromatic nitrogens is 4. The zero-order chi connectivity index (χ0) is 24.3. The van der Waals surface area contributed by atoms with Gasteiger partial charge in [0.1, 0.15) is 5.82 Å². The van der Waals surface area contributed by atoms with Crippen LogP contribution in [0.5, 0.6) is 0 Å². The zero-order valence-electron chi connectivity index (χ0n) is 18.3. The normalized spacial score (nSPS) is 18.6. The van der Waals surface area contributed by atoms with Gasteiger partial charge in [0.05, 0.1) is 22.7 Å². The summed E-state index contributed by atoms with van der Waals surface area (Å²) in [5.41, 5.74) is -0.761. The van der Waals surface area contributed by atoms with Gasteiger partial charge in [-0.2, -0.15) is 13.2 Å². The van der Waals surface area contributed by atoms with Crippen molar-refractivity contribution < 1.29 is 22.4 Å². The quantitative estimate of drug-likeness (QED) is 0.551. The lowest BCUT2D eigenvalue weighted by molar-refractivity contribution is -0.138. The van der Waals surface area contributed by atoms with E-state index in [4.69, 9.17) is 0 Å². The lowest BCUT2D eigenvalue weighted by Crippen LogP contribution is -2.51. The van der Waals surface area contributed by atoms with Crippen molar-refractivity contribution in [2.75, 3.05) is 18.4 Å². The summed E-state index contributed by atoms with van der Waals surface area (Å²) < 4.78 is 53.0. The Labute approximate surface area is 193 Å². The summed E-state index contributed by atoms with van der Waals surface area (Å²) in [5.74, 6) is -0.739. The molecule has 3 heterocycles. The van der Waals surface area contributed by atoms with Gasteiger partial charge in [-0.05, 0) is 37.0 Å². The van der Waals surface area contributed by atoms with Crippen molar-refractivity contribution in [3.05, 3.63) is 66.0 Å². The molecule has 0 aliphatic carbocycles. The molecule has 2 atom stereocenters. The molecule has 1 aliphatic heterocycles. The largest absolute Gasteiger partial charge is 0.419 e. The molecule has 1 fully saturated rings. The predicted molar refractivity (Wildman–Crippen MR) is 116 cm³/mol. The molecular weight excluding hydrogens is 452 g/mol. The lowest BCUT2D eigenvalue weighted by Gasteiger charge is -2.40. The maximum atomic E-state index is 14.8. The van der Waals surface area contributed by atoms with Crippen molar-refractivity contribution in [3.8, 4) is 11.4 Å². The minimum Gasteiger partial charge on any atom is -0.352 e. The van der Waals surface area contributed by atoms with Gasteiger partial charge in [-0.15, -0.1) is 0 Å². The first-order valence-corrected chi connectivity index (χ1v) is 10.8. The fourth-order valence-electron chi connectivity index (χ4n) is 4.09. The van der Waals surface area contributed by atoms with Gasteiger partial charge in [-0.25, -0.2) is 24.3 Å². The van der Waals surface area contributed by atoms with E-state index in [1.54, 1.807) is 17.0 Å². The average molecular weight is 474 g/mol. The van der Waals surface area contributed by atoms with Crippen LogP contribution in [-0.2, 0) is 6.18 Å². The number of alkyl halides is 3. The number of anilines is 1. The van der Waals surface area contributed by atoms with Crippen LogP contribution in [0.15, 0.2) is 49.1 Å². The predicted octanol–water partition coefficient (Wildman–Crippen LogP) is 4.44. The van der Waals surface area contributed by atoms with Crippen molar-refractivity contribution >= 4 is 11.9 Å². The number of rotatable bonds is 5. The van der Waals surface area contributed by atoms with Gasteiger partial charge in [-0.3, -0.25) is 4.79 Å². The molecule has 178 valence electrons. The van der Waals surface area contributed by atoms with Crippen molar-refractivity contribution in [1.82, 2.24) is 24.8 Å². The van der Waals surface area contributed by atoms with Crippen molar-refractivity contribution in [3.63, 3.8) is 0 Å². The molecule has 11 heteroatoms. The Hall–Kier alpha value is -3.63. The molecule has 0 bridgehead atoms. The minimum atomic E-state index is -4.52. The van der Waals surface area contributed by atoms with Gasteiger partial charge in [0.25, 0.3) is 5.91 Å². The number of likely N-dealkylation sites (tertiary alicyclic amines) is 1. The van der Waals surface area contributed by atoms with Crippen LogP contribution in [-0.4, -0.2) is 49.9 Å². The van der Waals surface area contributed by atoms with Crippen LogP contribution in [0.2, 0.25) is 0 Å². The van der Waals surface area contributed by atoms with E-state index in [1.807, 2.05) is 6.92 Å². The fraction of sp³-hybridized carbons (Fsp3) is 0.348. The highest BCUT2D eigenvalue weighted by atomic mass is 19.4. The monoisotopic (exact) mass is 474 g/mol. The van der Waals surface area contributed by atoms with Crippen molar-refractivity contribution in [2.24, 2.45) is 5.92 Å². The van der Waals surface area contributed by atoms with E-state index < -0.39 is 17.6 Å². The van der Waals surface area contributed by atoms with Crippen LogP contribution < -0.4 is 5.32 Å². The average Bonchev–Trinajstić information content (AvgIpc) is 2.83. The highest BCUT2D eigenvalue weighted by Crippen LogP contribution is 2.30. The third-order valence-corrected chi connectivity index (χ3v) is 5.86. The smallest absolute Gasteiger partial charge is 0.352 e. The number of hydrogen-bond donors (Lipinski definition) is 1. The van der Waals surface area contributed by atoms with Crippen LogP contribution in [0.4, 0.5) is 23.5 Å². The number of hydrogen-bond acceptors (Lipinski definition) is 6. The molecule has 1 aromatic carbocycles. The van der Waals surface area contributed by atoms with E-state index in [-0.39, 0.29) is 47.3 Å². The van der Waals surface area contributed by atoms with Crippen LogP contribution in [0.3, 0.4) is 0 Å². The van der Waals surface area contributed by atoms with E-state index in [0.717, 1.165) is 12.8 Å². The molecule has 4 rings (SSSR count). The topological polar surface area (TPSA) is 83.9 Å². The summed E-state index contributed by atoms with van der Waals surface area (Å²) in [6.07, 6.45) is 1.48. The number of halogens is 4. The fourth-order valence-corrected chi connectivity index (χ4v) is 4.09. The number of carbonyl (C=O) groups is 1. The molecule has 1 amide bonds. The van der Waals surface area contributed by atoms with Crippen molar-refractivity contribution in [1.29, 1.82) is 0 Å². The summed E-state index contributed by atoms with van der Waals surface area (Å²) in [4.78, 5) is 30.9. The van der Waals surface area contributed by atoms with Gasteiger partial charge in [-0.1, -0.05) is 13.0 Å². The molecule has 1 aliphatic rings. The number of nitrogens with zero attached hydrogens (tertiary/aromatic N) is 5. The maximum Gasteiger partial charge on any atom is 0.419 e. The van der Waals surface area contributed by atoms with Gasteiger partial charge in [0.15, 0.2) is 5.82 Å². The molecule has 1 N–H and O–H groups in total. The van der Waals surface area contributed by atoms with E-state index in [1.165, 1.54) is 24.5 Å². The lowest BCUT2D eigenvalue weighted by atomic mass is 9.89.